The molecule has 0 spiro atoms. The van der Waals surface area contributed by atoms with E-state index in [1.165, 1.54) is 57.8 Å². The Hall–Kier alpha value is -2.11. The zero-order valence-corrected chi connectivity index (χ0v) is 38.1. The molecule has 0 aromatic heterocycles. The number of unbranched alkanes of at least 4 members (excludes halogenated alkanes) is 15. The van der Waals surface area contributed by atoms with Crippen LogP contribution in [0.5, 0.6) is 0 Å². The summed E-state index contributed by atoms with van der Waals surface area (Å²) in [5.41, 5.74) is 0. The second kappa shape index (κ2) is 37.9. The van der Waals surface area contributed by atoms with Crippen LogP contribution in [0, 0.1) is 0 Å². The van der Waals surface area contributed by atoms with Crippen LogP contribution in [-0.2, 0) is 32.7 Å². The summed E-state index contributed by atoms with van der Waals surface area (Å²) in [5.74, 6) is -0.947. The maximum absolute atomic E-state index is 12.7. The zero-order valence-electron chi connectivity index (χ0n) is 37.2. The van der Waals surface area contributed by atoms with Gasteiger partial charge in [0.2, 0.25) is 0 Å². The van der Waals surface area contributed by atoms with E-state index in [1.54, 1.807) is 0 Å². The van der Waals surface area contributed by atoms with Gasteiger partial charge < -0.3 is 29.1 Å². The fourth-order valence-corrected chi connectivity index (χ4v) is 6.51. The van der Waals surface area contributed by atoms with E-state index < -0.39 is 44.7 Å². The minimum Gasteiger partial charge on any atom is -0.462 e. The predicted molar refractivity (Wildman–Crippen MR) is 236 cm³/mol. The summed E-state index contributed by atoms with van der Waals surface area (Å²) in [5, 5.41) is 20.3. The smallest absolute Gasteiger partial charge is 0.462 e. The van der Waals surface area contributed by atoms with Crippen molar-refractivity contribution in [1.82, 2.24) is 0 Å². The first-order valence-electron chi connectivity index (χ1n) is 22.5. The van der Waals surface area contributed by atoms with Gasteiger partial charge in [-0.2, -0.15) is 0 Å². The number of allylic oxidation sites excluding steroid dienone is 6. The van der Waals surface area contributed by atoms with E-state index >= 15 is 0 Å². The van der Waals surface area contributed by atoms with Crippen LogP contribution in [0.2, 0.25) is 0 Å². The number of quaternary nitrogens is 1. The molecule has 4 atom stereocenters. The first kappa shape index (κ1) is 55.9. The van der Waals surface area contributed by atoms with Crippen molar-refractivity contribution >= 4 is 19.8 Å². The summed E-state index contributed by atoms with van der Waals surface area (Å²) < 4.78 is 34.2. The van der Waals surface area contributed by atoms with Crippen molar-refractivity contribution in [2.24, 2.45) is 0 Å². The Balaban J connectivity index is 4.56. The molecule has 0 aromatic rings. The van der Waals surface area contributed by atoms with Crippen molar-refractivity contribution in [3.8, 4) is 0 Å². The van der Waals surface area contributed by atoms with Gasteiger partial charge in [0, 0.05) is 12.8 Å². The number of hydrogen-bond acceptors (Lipinski definition) is 9. The lowest BCUT2D eigenvalue weighted by Gasteiger charge is -2.24. The number of hydrogen-bond donors (Lipinski definition) is 3. The van der Waals surface area contributed by atoms with Gasteiger partial charge in [0.25, 0.3) is 0 Å². The minimum absolute atomic E-state index is 0.00180. The van der Waals surface area contributed by atoms with Crippen LogP contribution in [0.25, 0.3) is 0 Å². The van der Waals surface area contributed by atoms with Gasteiger partial charge in [0.15, 0.2) is 6.10 Å². The fourth-order valence-electron chi connectivity index (χ4n) is 5.77. The van der Waals surface area contributed by atoms with Crippen LogP contribution in [0.1, 0.15) is 168 Å². The molecule has 0 fully saturated rings. The van der Waals surface area contributed by atoms with Gasteiger partial charge in [0.1, 0.15) is 19.8 Å². The third-order valence-corrected chi connectivity index (χ3v) is 10.5. The Morgan fingerprint density at radius 1 is 0.586 bits per heavy atom. The third kappa shape index (κ3) is 39.4. The van der Waals surface area contributed by atoms with Crippen molar-refractivity contribution in [2.75, 3.05) is 47.5 Å². The predicted octanol–water partition coefficient (Wildman–Crippen LogP) is 10.6. The van der Waals surface area contributed by atoms with Gasteiger partial charge in [0.05, 0.1) is 40.0 Å². The van der Waals surface area contributed by atoms with Gasteiger partial charge in [-0.1, -0.05) is 127 Å². The molecular formula is C46H85NO10P+. The average Bonchev–Trinajstić information content (AvgIpc) is 3.17. The van der Waals surface area contributed by atoms with Crippen molar-refractivity contribution in [3.05, 3.63) is 48.6 Å². The monoisotopic (exact) mass is 843 g/mol. The molecule has 0 heterocycles. The maximum Gasteiger partial charge on any atom is 0.472 e. The van der Waals surface area contributed by atoms with E-state index in [2.05, 4.69) is 32.1 Å². The number of carbonyl (C=O) groups excluding carboxylic acids is 2. The minimum atomic E-state index is -4.42. The molecule has 4 unspecified atom stereocenters. The van der Waals surface area contributed by atoms with Crippen LogP contribution in [-0.4, -0.2) is 97.3 Å². The first-order chi connectivity index (χ1) is 27.8. The lowest BCUT2D eigenvalue weighted by molar-refractivity contribution is -0.870. The van der Waals surface area contributed by atoms with Crippen molar-refractivity contribution in [2.45, 2.75) is 186 Å². The van der Waals surface area contributed by atoms with Crippen molar-refractivity contribution < 1.29 is 52.3 Å². The molecule has 0 aliphatic heterocycles. The van der Waals surface area contributed by atoms with Gasteiger partial charge in [-0.15, -0.1) is 0 Å². The number of rotatable bonds is 40. The van der Waals surface area contributed by atoms with E-state index in [4.69, 9.17) is 18.5 Å². The number of phosphoric ester groups is 1. The molecule has 0 aliphatic carbocycles. The largest absolute Gasteiger partial charge is 0.472 e. The van der Waals surface area contributed by atoms with Gasteiger partial charge in [-0.25, -0.2) is 4.57 Å². The van der Waals surface area contributed by atoms with E-state index in [1.807, 2.05) is 51.5 Å². The summed E-state index contributed by atoms with van der Waals surface area (Å²) in [6.45, 7) is 4.14. The molecule has 0 saturated carbocycles. The Labute approximate surface area is 353 Å². The molecule has 12 heteroatoms. The molecular weight excluding hydrogens is 757 g/mol. The lowest BCUT2D eigenvalue weighted by Crippen LogP contribution is -2.37. The second-order valence-corrected chi connectivity index (χ2v) is 17.8. The molecule has 0 amide bonds. The molecule has 0 saturated heterocycles. The molecule has 0 radical (unpaired) electrons. The Morgan fingerprint density at radius 2 is 1.05 bits per heavy atom. The van der Waals surface area contributed by atoms with E-state index in [-0.39, 0.29) is 26.1 Å². The topological polar surface area (TPSA) is 149 Å². The van der Waals surface area contributed by atoms with Gasteiger partial charge in [-0.3, -0.25) is 18.6 Å². The molecule has 3 N–H and O–H groups in total. The fraction of sp³-hybridized carbons (Fsp3) is 0.783. The van der Waals surface area contributed by atoms with Crippen LogP contribution in [0.4, 0.5) is 0 Å². The number of nitrogens with zero attached hydrogens (tertiary/aromatic N) is 1. The van der Waals surface area contributed by atoms with Crippen molar-refractivity contribution in [3.63, 3.8) is 0 Å². The van der Waals surface area contributed by atoms with E-state index in [0.717, 1.165) is 44.9 Å². The number of aliphatic hydroxyl groups excluding tert-OH is 2. The maximum atomic E-state index is 12.7. The second-order valence-electron chi connectivity index (χ2n) is 16.4. The zero-order chi connectivity index (χ0) is 43.2. The standard InChI is InChI=1S/C46H84NO10P/c1-6-8-10-12-14-15-16-17-18-19-20-21-24-28-32-36-45(50)54-40-42(41-56-58(52,53)55-39-38-47(3,4)5)57-46(51)37-33-29-25-22-23-27-31-35-44(49)43(48)34-30-26-13-11-9-7-2/h17-18,22,25-27,30-31,42-44,48-49H,6-16,19-21,23-24,28-29,32-41H2,1-5H3/p+1/b18-17-,25-22-,30-26+,31-27-. The summed E-state index contributed by atoms with van der Waals surface area (Å²) in [4.78, 5) is 35.4. The Kier molecular flexibility index (Phi) is 36.5. The van der Waals surface area contributed by atoms with E-state index in [0.29, 0.717) is 49.6 Å². The number of aliphatic hydroxyl groups is 2. The number of ether oxygens (including phenoxy) is 2. The number of esters is 2. The first-order valence-corrected chi connectivity index (χ1v) is 24.0. The molecule has 0 rings (SSSR count). The molecule has 0 aliphatic rings. The molecule has 0 aromatic carbocycles. The highest BCUT2D eigenvalue weighted by Crippen LogP contribution is 2.43. The highest BCUT2D eigenvalue weighted by molar-refractivity contribution is 7.47. The number of phosphoric acid groups is 1. The molecule has 0 bridgehead atoms. The summed E-state index contributed by atoms with van der Waals surface area (Å²) in [6, 6.07) is 0. The van der Waals surface area contributed by atoms with Crippen molar-refractivity contribution in [1.29, 1.82) is 0 Å². The van der Waals surface area contributed by atoms with Gasteiger partial charge in [-0.05, 0) is 77.0 Å². The third-order valence-electron chi connectivity index (χ3n) is 9.51. The highest BCUT2D eigenvalue weighted by Gasteiger charge is 2.27. The van der Waals surface area contributed by atoms with Crippen LogP contribution < -0.4 is 0 Å². The number of carbonyl (C=O) groups is 2. The quantitative estimate of drug-likeness (QED) is 0.0179. The van der Waals surface area contributed by atoms with E-state index in [9.17, 15) is 29.3 Å². The molecule has 58 heavy (non-hydrogen) atoms. The summed E-state index contributed by atoms with van der Waals surface area (Å²) in [7, 11) is 1.36. The van der Waals surface area contributed by atoms with Crippen LogP contribution in [0.15, 0.2) is 48.6 Å². The SMILES string of the molecule is CCCCC/C=C/CC(O)C(O)C/C=C\C/C=C\CCCC(=O)OC(COC(=O)CCCCCCC/C=C\CCCCCCCC)COP(=O)(O)OCC[N+](C)(C)C. The molecule has 338 valence electrons. The van der Waals surface area contributed by atoms with Crippen LogP contribution >= 0.6 is 7.82 Å². The van der Waals surface area contributed by atoms with Gasteiger partial charge >= 0.3 is 19.8 Å². The summed E-state index contributed by atoms with van der Waals surface area (Å²) in [6.07, 6.45) is 36.2. The normalized spacial score (nSPS) is 15.1. The molecule has 11 nitrogen and oxygen atoms in total. The average molecular weight is 843 g/mol. The highest BCUT2D eigenvalue weighted by atomic mass is 31.2. The Morgan fingerprint density at radius 3 is 1.67 bits per heavy atom. The number of likely N-dealkylation sites (N-methyl/N-ethyl adjacent to an activating group) is 1. The lowest BCUT2D eigenvalue weighted by atomic mass is 10.1. The van der Waals surface area contributed by atoms with Crippen LogP contribution in [0.3, 0.4) is 0 Å². The summed E-state index contributed by atoms with van der Waals surface area (Å²) >= 11 is 0. The Bertz CT molecular complexity index is 1170.